The molecule has 0 radical (unpaired) electrons. The van der Waals surface area contributed by atoms with Crippen LogP contribution in [0.15, 0.2) is 18.6 Å². The van der Waals surface area contributed by atoms with Crippen LogP contribution >= 0.6 is 0 Å². The van der Waals surface area contributed by atoms with Crippen molar-refractivity contribution in [3.05, 3.63) is 24.3 Å². The Morgan fingerprint density at radius 1 is 1.50 bits per heavy atom. The number of nitrogens with zero attached hydrogens (tertiary/aromatic N) is 3. The molecule has 0 amide bonds. The van der Waals surface area contributed by atoms with Gasteiger partial charge < -0.3 is 10.2 Å². The maximum absolute atomic E-state index is 4.29. The fourth-order valence-electron chi connectivity index (χ4n) is 2.27. The van der Waals surface area contributed by atoms with Gasteiger partial charge in [0.05, 0.1) is 5.69 Å². The minimum absolute atomic E-state index is 0.787. The lowest BCUT2D eigenvalue weighted by molar-refractivity contribution is 0.235. The van der Waals surface area contributed by atoms with Gasteiger partial charge in [0.15, 0.2) is 0 Å². The molecular formula is C12H20N4. The highest BCUT2D eigenvalue weighted by atomic mass is 15.1. The second-order valence-corrected chi connectivity index (χ2v) is 4.61. The Morgan fingerprint density at radius 2 is 2.44 bits per heavy atom. The Morgan fingerprint density at radius 3 is 3.12 bits per heavy atom. The van der Waals surface area contributed by atoms with E-state index in [9.17, 15) is 0 Å². The van der Waals surface area contributed by atoms with Crippen LogP contribution in [-0.4, -0.2) is 41.5 Å². The summed E-state index contributed by atoms with van der Waals surface area (Å²) in [6.07, 6.45) is 7.97. The Hall–Kier alpha value is -1.00. The zero-order valence-corrected chi connectivity index (χ0v) is 9.89. The highest BCUT2D eigenvalue weighted by Crippen LogP contribution is 2.11. The average Bonchev–Trinajstić information content (AvgIpc) is 2.31. The van der Waals surface area contributed by atoms with Gasteiger partial charge in [-0.2, -0.15) is 0 Å². The van der Waals surface area contributed by atoms with Crippen molar-refractivity contribution in [3.8, 4) is 0 Å². The Kier molecular flexibility index (Phi) is 4.25. The van der Waals surface area contributed by atoms with E-state index >= 15 is 0 Å². The number of piperidine rings is 1. The van der Waals surface area contributed by atoms with Gasteiger partial charge in [0.2, 0.25) is 0 Å². The van der Waals surface area contributed by atoms with Gasteiger partial charge in [-0.25, -0.2) is 0 Å². The third kappa shape index (κ3) is 3.54. The highest BCUT2D eigenvalue weighted by Gasteiger charge is 2.15. The van der Waals surface area contributed by atoms with Crippen LogP contribution in [0.3, 0.4) is 0 Å². The van der Waals surface area contributed by atoms with E-state index in [4.69, 9.17) is 0 Å². The molecule has 1 aromatic heterocycles. The second-order valence-electron chi connectivity index (χ2n) is 4.61. The van der Waals surface area contributed by atoms with Crippen LogP contribution in [-0.2, 0) is 6.54 Å². The van der Waals surface area contributed by atoms with Crippen molar-refractivity contribution in [2.24, 2.45) is 5.92 Å². The van der Waals surface area contributed by atoms with E-state index in [2.05, 4.69) is 27.2 Å². The summed E-state index contributed by atoms with van der Waals surface area (Å²) in [7, 11) is 2.16. The standard InChI is InChI=1S/C12H20N4/c1-16(9-11-3-2-4-13-7-11)10-12-8-14-5-6-15-12/h5-6,8,11,13H,2-4,7,9-10H2,1H3. The van der Waals surface area contributed by atoms with E-state index in [-0.39, 0.29) is 0 Å². The van der Waals surface area contributed by atoms with Gasteiger partial charge in [-0.3, -0.25) is 9.97 Å². The third-order valence-corrected chi connectivity index (χ3v) is 3.02. The summed E-state index contributed by atoms with van der Waals surface area (Å²) in [5.74, 6) is 0.787. The van der Waals surface area contributed by atoms with Crippen LogP contribution in [0, 0.1) is 5.92 Å². The molecule has 0 aliphatic carbocycles. The first-order chi connectivity index (χ1) is 7.84. The van der Waals surface area contributed by atoms with Gasteiger partial charge >= 0.3 is 0 Å². The van der Waals surface area contributed by atoms with Gasteiger partial charge in [-0.15, -0.1) is 0 Å². The number of aromatic nitrogens is 2. The van der Waals surface area contributed by atoms with Crippen molar-refractivity contribution in [2.45, 2.75) is 19.4 Å². The molecule has 1 fully saturated rings. The molecule has 1 saturated heterocycles. The molecule has 2 heterocycles. The van der Waals surface area contributed by atoms with Gasteiger partial charge in [0.1, 0.15) is 0 Å². The van der Waals surface area contributed by atoms with Gasteiger partial charge in [0.25, 0.3) is 0 Å². The molecule has 1 aliphatic rings. The van der Waals surface area contributed by atoms with E-state index in [0.29, 0.717) is 0 Å². The first kappa shape index (κ1) is 11.5. The summed E-state index contributed by atoms with van der Waals surface area (Å²) in [6, 6.07) is 0. The maximum Gasteiger partial charge on any atom is 0.0726 e. The summed E-state index contributed by atoms with van der Waals surface area (Å²) in [5, 5.41) is 3.45. The molecule has 1 atom stereocenters. The molecule has 2 rings (SSSR count). The van der Waals surface area contributed by atoms with E-state index in [0.717, 1.165) is 31.2 Å². The predicted octanol–water partition coefficient (Wildman–Crippen LogP) is 0.908. The lowest BCUT2D eigenvalue weighted by Crippen LogP contribution is -2.36. The summed E-state index contributed by atoms with van der Waals surface area (Å²) >= 11 is 0. The molecule has 4 nitrogen and oxygen atoms in total. The molecule has 1 aliphatic heterocycles. The average molecular weight is 220 g/mol. The van der Waals surface area contributed by atoms with Crippen LogP contribution in [0.25, 0.3) is 0 Å². The first-order valence-corrected chi connectivity index (χ1v) is 5.99. The largest absolute Gasteiger partial charge is 0.316 e. The molecule has 0 bridgehead atoms. The van der Waals surface area contributed by atoms with Crippen molar-refractivity contribution in [2.75, 3.05) is 26.7 Å². The topological polar surface area (TPSA) is 41.1 Å². The minimum atomic E-state index is 0.787. The Bertz CT molecular complexity index is 295. The third-order valence-electron chi connectivity index (χ3n) is 3.02. The van der Waals surface area contributed by atoms with Crippen molar-refractivity contribution in [1.82, 2.24) is 20.2 Å². The second kappa shape index (κ2) is 5.92. The number of hydrogen-bond acceptors (Lipinski definition) is 4. The van der Waals surface area contributed by atoms with E-state index in [1.165, 1.54) is 19.4 Å². The van der Waals surface area contributed by atoms with Crippen LogP contribution in [0.1, 0.15) is 18.5 Å². The number of rotatable bonds is 4. The summed E-state index contributed by atoms with van der Waals surface area (Å²) < 4.78 is 0. The summed E-state index contributed by atoms with van der Waals surface area (Å²) in [5.41, 5.74) is 1.05. The molecule has 0 spiro atoms. The predicted molar refractivity (Wildman–Crippen MR) is 64.0 cm³/mol. The quantitative estimate of drug-likeness (QED) is 0.819. The molecule has 1 N–H and O–H groups in total. The Balaban J connectivity index is 1.77. The van der Waals surface area contributed by atoms with Crippen LogP contribution in [0.5, 0.6) is 0 Å². The van der Waals surface area contributed by atoms with E-state index in [1.807, 2.05) is 6.20 Å². The minimum Gasteiger partial charge on any atom is -0.316 e. The van der Waals surface area contributed by atoms with Crippen LogP contribution < -0.4 is 5.32 Å². The fraction of sp³-hybridized carbons (Fsp3) is 0.667. The molecule has 0 saturated carbocycles. The number of hydrogen-bond donors (Lipinski definition) is 1. The van der Waals surface area contributed by atoms with Crippen LogP contribution in [0.2, 0.25) is 0 Å². The Labute approximate surface area is 97.1 Å². The van der Waals surface area contributed by atoms with Crippen molar-refractivity contribution in [1.29, 1.82) is 0 Å². The van der Waals surface area contributed by atoms with Gasteiger partial charge in [0, 0.05) is 31.7 Å². The lowest BCUT2D eigenvalue weighted by atomic mass is 9.99. The SMILES string of the molecule is CN(Cc1cnccn1)CC1CCCNC1. The molecule has 0 aromatic carbocycles. The normalized spacial score (nSPS) is 21.2. The van der Waals surface area contributed by atoms with Crippen molar-refractivity contribution in [3.63, 3.8) is 0 Å². The lowest BCUT2D eigenvalue weighted by Gasteiger charge is -2.27. The van der Waals surface area contributed by atoms with Gasteiger partial charge in [-0.05, 0) is 38.9 Å². The maximum atomic E-state index is 4.29. The summed E-state index contributed by atoms with van der Waals surface area (Å²) in [4.78, 5) is 10.7. The molecule has 1 aromatic rings. The summed E-state index contributed by atoms with van der Waals surface area (Å²) in [6.45, 7) is 4.38. The molecule has 88 valence electrons. The fourth-order valence-corrected chi connectivity index (χ4v) is 2.27. The molecular weight excluding hydrogens is 200 g/mol. The molecule has 4 heteroatoms. The van der Waals surface area contributed by atoms with E-state index in [1.54, 1.807) is 12.4 Å². The van der Waals surface area contributed by atoms with Crippen LogP contribution in [0.4, 0.5) is 0 Å². The first-order valence-electron chi connectivity index (χ1n) is 5.99. The van der Waals surface area contributed by atoms with Crippen molar-refractivity contribution >= 4 is 0 Å². The highest BCUT2D eigenvalue weighted by molar-refractivity contribution is 4.94. The monoisotopic (exact) mass is 220 g/mol. The zero-order valence-electron chi connectivity index (χ0n) is 9.89. The zero-order chi connectivity index (χ0) is 11.2. The van der Waals surface area contributed by atoms with Crippen molar-refractivity contribution < 1.29 is 0 Å². The molecule has 1 unspecified atom stereocenters. The van der Waals surface area contributed by atoms with Gasteiger partial charge in [-0.1, -0.05) is 0 Å². The number of nitrogens with one attached hydrogen (secondary N) is 1. The molecule has 16 heavy (non-hydrogen) atoms. The van der Waals surface area contributed by atoms with E-state index < -0.39 is 0 Å². The smallest absolute Gasteiger partial charge is 0.0726 e.